The number of amides is 1. The maximum absolute atomic E-state index is 12.9. The standard InChI is InChI=1S/C26H26N2OS2/c1-18-15-23-24(16-19(18)2)31-26(28(23)13-14-30-3)27-25(29)22-11-9-21(10-12-22)17-20-7-5-4-6-8-20/h4-12,15-16H,13-14,17H2,1-3H3. The van der Waals surface area contributed by atoms with Crippen molar-refractivity contribution in [1.82, 2.24) is 4.57 Å². The molecule has 0 fully saturated rings. The molecule has 0 bridgehead atoms. The van der Waals surface area contributed by atoms with Gasteiger partial charge in [-0.05, 0) is 73.0 Å². The Bertz CT molecular complexity index is 1270. The molecule has 0 aliphatic rings. The van der Waals surface area contributed by atoms with E-state index in [1.165, 1.54) is 27.0 Å². The number of hydrogen-bond donors (Lipinski definition) is 0. The molecular formula is C26H26N2OS2. The van der Waals surface area contributed by atoms with Gasteiger partial charge >= 0.3 is 0 Å². The molecule has 0 N–H and O–H groups in total. The summed E-state index contributed by atoms with van der Waals surface area (Å²) in [6.07, 6.45) is 2.96. The minimum Gasteiger partial charge on any atom is -0.315 e. The topological polar surface area (TPSA) is 34.4 Å². The van der Waals surface area contributed by atoms with Crippen molar-refractivity contribution in [2.75, 3.05) is 12.0 Å². The van der Waals surface area contributed by atoms with E-state index in [0.29, 0.717) is 5.56 Å². The fourth-order valence-electron chi connectivity index (χ4n) is 3.55. The van der Waals surface area contributed by atoms with Crippen molar-refractivity contribution >= 4 is 39.2 Å². The zero-order valence-corrected chi connectivity index (χ0v) is 19.7. The van der Waals surface area contributed by atoms with Crippen molar-refractivity contribution in [3.63, 3.8) is 0 Å². The highest BCUT2D eigenvalue weighted by Crippen LogP contribution is 2.22. The van der Waals surface area contributed by atoms with Gasteiger partial charge in [0.05, 0.1) is 10.2 Å². The first-order valence-corrected chi connectivity index (χ1v) is 12.6. The molecule has 1 aromatic heterocycles. The van der Waals surface area contributed by atoms with E-state index in [0.717, 1.165) is 29.0 Å². The van der Waals surface area contributed by atoms with Crippen molar-refractivity contribution in [2.24, 2.45) is 4.99 Å². The molecule has 1 heterocycles. The van der Waals surface area contributed by atoms with Crippen molar-refractivity contribution in [3.8, 4) is 0 Å². The van der Waals surface area contributed by atoms with Crippen molar-refractivity contribution in [1.29, 1.82) is 0 Å². The number of carbonyl (C=O) groups is 1. The summed E-state index contributed by atoms with van der Waals surface area (Å²) in [5.74, 6) is 0.790. The number of fused-ring (bicyclic) bond motifs is 1. The van der Waals surface area contributed by atoms with E-state index in [4.69, 9.17) is 0 Å². The summed E-state index contributed by atoms with van der Waals surface area (Å²) < 4.78 is 3.36. The van der Waals surface area contributed by atoms with Crippen LogP contribution in [-0.2, 0) is 13.0 Å². The minimum absolute atomic E-state index is 0.191. The molecule has 0 radical (unpaired) electrons. The molecule has 5 heteroatoms. The maximum atomic E-state index is 12.9. The Balaban J connectivity index is 1.65. The van der Waals surface area contributed by atoms with Gasteiger partial charge in [0.1, 0.15) is 0 Å². The summed E-state index contributed by atoms with van der Waals surface area (Å²) in [4.78, 5) is 18.2. The van der Waals surface area contributed by atoms with Gasteiger partial charge in [0.15, 0.2) is 4.80 Å². The highest BCUT2D eigenvalue weighted by Gasteiger charge is 2.11. The van der Waals surface area contributed by atoms with Crippen LogP contribution in [0.1, 0.15) is 32.6 Å². The molecular weight excluding hydrogens is 420 g/mol. The van der Waals surface area contributed by atoms with Crippen LogP contribution in [0.3, 0.4) is 0 Å². The molecule has 0 aliphatic heterocycles. The van der Waals surface area contributed by atoms with E-state index < -0.39 is 0 Å². The normalized spacial score (nSPS) is 11.9. The first kappa shape index (κ1) is 21.6. The lowest BCUT2D eigenvalue weighted by Gasteiger charge is -2.06. The molecule has 0 unspecified atom stereocenters. The molecule has 0 saturated heterocycles. The SMILES string of the molecule is CSCCn1c(=NC(=O)c2ccc(Cc3ccccc3)cc2)sc2cc(C)c(C)cc21. The maximum Gasteiger partial charge on any atom is 0.279 e. The van der Waals surface area contributed by atoms with Crippen LogP contribution >= 0.6 is 23.1 Å². The van der Waals surface area contributed by atoms with Crippen LogP contribution < -0.4 is 4.80 Å². The van der Waals surface area contributed by atoms with Gasteiger partial charge in [-0.25, -0.2) is 0 Å². The Labute approximate surface area is 191 Å². The second-order valence-electron chi connectivity index (χ2n) is 7.71. The van der Waals surface area contributed by atoms with Gasteiger partial charge in [-0.15, -0.1) is 0 Å². The van der Waals surface area contributed by atoms with E-state index in [9.17, 15) is 4.79 Å². The van der Waals surface area contributed by atoms with Crippen LogP contribution in [0.2, 0.25) is 0 Å². The number of thioether (sulfide) groups is 1. The molecule has 0 saturated carbocycles. The van der Waals surface area contributed by atoms with Gasteiger partial charge in [0.25, 0.3) is 5.91 Å². The van der Waals surface area contributed by atoms with Crippen molar-refractivity contribution < 1.29 is 4.79 Å². The predicted octanol–water partition coefficient (Wildman–Crippen LogP) is 6.01. The van der Waals surface area contributed by atoms with Gasteiger partial charge in [-0.1, -0.05) is 53.8 Å². The zero-order valence-electron chi connectivity index (χ0n) is 18.1. The summed E-state index contributed by atoms with van der Waals surface area (Å²) in [5.41, 5.74) is 6.75. The third kappa shape index (κ3) is 5.00. The van der Waals surface area contributed by atoms with Crippen molar-refractivity contribution in [2.45, 2.75) is 26.8 Å². The molecule has 3 aromatic carbocycles. The highest BCUT2D eigenvalue weighted by molar-refractivity contribution is 7.98. The molecule has 3 nitrogen and oxygen atoms in total. The average molecular weight is 447 g/mol. The number of thiazole rings is 1. The second kappa shape index (κ2) is 9.67. The molecule has 0 spiro atoms. The Kier molecular flexibility index (Phi) is 6.73. The van der Waals surface area contributed by atoms with E-state index in [2.05, 4.69) is 53.9 Å². The number of hydrogen-bond acceptors (Lipinski definition) is 3. The highest BCUT2D eigenvalue weighted by atomic mass is 32.2. The van der Waals surface area contributed by atoms with Crippen LogP contribution in [0, 0.1) is 13.8 Å². The molecule has 4 rings (SSSR count). The van der Waals surface area contributed by atoms with E-state index in [-0.39, 0.29) is 5.91 Å². The quantitative estimate of drug-likeness (QED) is 0.363. The number of aromatic nitrogens is 1. The lowest BCUT2D eigenvalue weighted by atomic mass is 10.0. The Morgan fingerprint density at radius 1 is 0.968 bits per heavy atom. The molecule has 0 aliphatic carbocycles. The van der Waals surface area contributed by atoms with E-state index in [1.807, 2.05) is 42.5 Å². The Hall–Kier alpha value is -2.63. The Morgan fingerprint density at radius 2 is 1.65 bits per heavy atom. The van der Waals surface area contributed by atoms with Gasteiger partial charge in [0, 0.05) is 17.9 Å². The van der Waals surface area contributed by atoms with Crippen molar-refractivity contribution in [3.05, 3.63) is 99.3 Å². The molecule has 4 aromatic rings. The number of rotatable bonds is 6. The monoisotopic (exact) mass is 446 g/mol. The average Bonchev–Trinajstić information content (AvgIpc) is 3.09. The van der Waals surface area contributed by atoms with Gasteiger partial charge in [0.2, 0.25) is 0 Å². The summed E-state index contributed by atoms with van der Waals surface area (Å²) in [5, 5.41) is 0. The van der Waals surface area contributed by atoms with Gasteiger partial charge < -0.3 is 4.57 Å². The van der Waals surface area contributed by atoms with Gasteiger partial charge in [-0.3, -0.25) is 4.79 Å². The lowest BCUT2D eigenvalue weighted by Crippen LogP contribution is -2.18. The largest absolute Gasteiger partial charge is 0.315 e. The molecule has 31 heavy (non-hydrogen) atoms. The van der Waals surface area contributed by atoms with Crippen LogP contribution in [0.25, 0.3) is 10.2 Å². The molecule has 0 atom stereocenters. The van der Waals surface area contributed by atoms with Crippen LogP contribution in [0.4, 0.5) is 0 Å². The first-order chi connectivity index (χ1) is 15.0. The number of nitrogens with zero attached hydrogens (tertiary/aromatic N) is 2. The summed E-state index contributed by atoms with van der Waals surface area (Å²) in [7, 11) is 0. The minimum atomic E-state index is -0.191. The zero-order chi connectivity index (χ0) is 21.8. The fourth-order valence-corrected chi connectivity index (χ4v) is 5.05. The van der Waals surface area contributed by atoms with E-state index >= 15 is 0 Å². The summed E-state index contributed by atoms with van der Waals surface area (Å²) in [6.45, 7) is 5.09. The fraction of sp³-hybridized carbons (Fsp3) is 0.231. The first-order valence-electron chi connectivity index (χ1n) is 10.4. The second-order valence-corrected chi connectivity index (χ2v) is 9.70. The molecule has 158 valence electrons. The smallest absolute Gasteiger partial charge is 0.279 e. The molecule has 1 amide bonds. The van der Waals surface area contributed by atoms with Crippen LogP contribution in [0.15, 0.2) is 71.7 Å². The van der Waals surface area contributed by atoms with Crippen LogP contribution in [-0.4, -0.2) is 22.5 Å². The summed E-state index contributed by atoms with van der Waals surface area (Å²) >= 11 is 3.39. The van der Waals surface area contributed by atoms with Crippen LogP contribution in [0.5, 0.6) is 0 Å². The number of carbonyl (C=O) groups excluding carboxylic acids is 1. The predicted molar refractivity (Wildman–Crippen MR) is 133 cm³/mol. The Morgan fingerprint density at radius 3 is 2.35 bits per heavy atom. The number of benzene rings is 3. The lowest BCUT2D eigenvalue weighted by molar-refractivity contribution is 0.0998. The van der Waals surface area contributed by atoms with Gasteiger partial charge in [-0.2, -0.15) is 16.8 Å². The van der Waals surface area contributed by atoms with E-state index in [1.54, 1.807) is 23.1 Å². The number of aryl methyl sites for hydroxylation is 3. The summed E-state index contributed by atoms with van der Waals surface area (Å²) in [6, 6.07) is 22.6. The third-order valence-electron chi connectivity index (χ3n) is 5.47. The third-order valence-corrected chi connectivity index (χ3v) is 7.10.